The van der Waals surface area contributed by atoms with E-state index in [-0.39, 0.29) is 5.82 Å². The highest BCUT2D eigenvalue weighted by Gasteiger charge is 2.16. The Morgan fingerprint density at radius 3 is 2.74 bits per heavy atom. The molecule has 1 N–H and O–H groups in total. The number of hydrogen-bond acceptors (Lipinski definition) is 3. The number of nitrogens with zero attached hydrogens (tertiary/aromatic N) is 1. The van der Waals surface area contributed by atoms with Gasteiger partial charge in [-0.05, 0) is 30.9 Å². The predicted octanol–water partition coefficient (Wildman–Crippen LogP) is 3.62. The molecule has 0 saturated carbocycles. The Labute approximate surface area is 117 Å². The third-order valence-corrected chi connectivity index (χ3v) is 4.06. The maximum atomic E-state index is 14.0. The summed E-state index contributed by atoms with van der Waals surface area (Å²) in [4.78, 5) is 3.15. The van der Waals surface area contributed by atoms with Crippen molar-refractivity contribution in [2.24, 2.45) is 0 Å². The maximum Gasteiger partial charge on any atom is 0.146 e. The summed E-state index contributed by atoms with van der Waals surface area (Å²) < 4.78 is 14.0. The first kappa shape index (κ1) is 14.0. The van der Waals surface area contributed by atoms with Crippen LogP contribution in [0.15, 0.2) is 35.7 Å². The molecule has 0 aliphatic rings. The Bertz CT molecular complexity index is 525. The monoisotopic (exact) mass is 279 g/mol. The number of hydrogen-bond donors (Lipinski definition) is 1. The fourth-order valence-electron chi connectivity index (χ4n) is 2.12. The first-order valence-electron chi connectivity index (χ1n) is 6.29. The van der Waals surface area contributed by atoms with Crippen LogP contribution in [0.5, 0.6) is 0 Å². The largest absolute Gasteiger partial charge is 0.389 e. The van der Waals surface area contributed by atoms with Crippen LogP contribution in [0.25, 0.3) is 0 Å². The minimum atomic E-state index is -0.671. The van der Waals surface area contributed by atoms with Crippen molar-refractivity contribution in [2.75, 3.05) is 18.5 Å². The molecular formula is C15H18FNOS. The summed E-state index contributed by atoms with van der Waals surface area (Å²) in [7, 11) is 1.86. The molecule has 102 valence electrons. The lowest BCUT2D eigenvalue weighted by Crippen LogP contribution is -2.23. The molecule has 1 atom stereocenters. The van der Waals surface area contributed by atoms with Gasteiger partial charge in [0.15, 0.2) is 0 Å². The lowest BCUT2D eigenvalue weighted by molar-refractivity contribution is 0.199. The maximum absolute atomic E-state index is 14.0. The minimum Gasteiger partial charge on any atom is -0.389 e. The van der Waals surface area contributed by atoms with E-state index in [0.29, 0.717) is 11.3 Å². The van der Waals surface area contributed by atoms with Crippen molar-refractivity contribution in [3.8, 4) is 0 Å². The van der Waals surface area contributed by atoms with Gasteiger partial charge in [-0.1, -0.05) is 18.2 Å². The van der Waals surface area contributed by atoms with Crippen LogP contribution in [-0.4, -0.2) is 18.7 Å². The second-order valence-corrected chi connectivity index (χ2v) is 5.64. The first-order valence-corrected chi connectivity index (χ1v) is 7.17. The van der Waals surface area contributed by atoms with Gasteiger partial charge >= 0.3 is 0 Å². The molecule has 4 heteroatoms. The molecule has 1 aromatic heterocycles. The number of rotatable bonds is 5. The van der Waals surface area contributed by atoms with Crippen LogP contribution in [0, 0.1) is 5.82 Å². The van der Waals surface area contributed by atoms with Crippen LogP contribution in [0.4, 0.5) is 10.1 Å². The van der Waals surface area contributed by atoms with Crippen LogP contribution >= 0.6 is 11.3 Å². The summed E-state index contributed by atoms with van der Waals surface area (Å²) in [5.41, 5.74) is 1.13. The van der Waals surface area contributed by atoms with Crippen molar-refractivity contribution in [3.63, 3.8) is 0 Å². The van der Waals surface area contributed by atoms with Crippen molar-refractivity contribution in [3.05, 3.63) is 52.0 Å². The highest BCUT2D eigenvalue weighted by Crippen LogP contribution is 2.28. The smallest absolute Gasteiger partial charge is 0.146 e. The number of benzene rings is 1. The second-order valence-electron chi connectivity index (χ2n) is 4.60. The standard InChI is InChI=1S/C15H18FNOS/c1-11(18)13-6-3-7-14(16)15(13)17(2)9-8-12-5-4-10-19-12/h3-7,10-11,18H,8-9H2,1-2H3. The molecule has 0 fully saturated rings. The Kier molecular flexibility index (Phi) is 4.56. The van der Waals surface area contributed by atoms with Crippen molar-refractivity contribution in [1.29, 1.82) is 0 Å². The molecule has 1 heterocycles. The zero-order chi connectivity index (χ0) is 13.8. The fourth-order valence-corrected chi connectivity index (χ4v) is 2.81. The Morgan fingerprint density at radius 1 is 1.32 bits per heavy atom. The van der Waals surface area contributed by atoms with Gasteiger partial charge < -0.3 is 10.0 Å². The van der Waals surface area contributed by atoms with Crippen LogP contribution in [0.2, 0.25) is 0 Å². The van der Waals surface area contributed by atoms with Crippen molar-refractivity contribution in [1.82, 2.24) is 0 Å². The molecule has 19 heavy (non-hydrogen) atoms. The molecule has 2 aromatic rings. The van der Waals surface area contributed by atoms with Gasteiger partial charge in [-0.15, -0.1) is 11.3 Å². The van der Waals surface area contributed by atoms with E-state index >= 15 is 0 Å². The summed E-state index contributed by atoms with van der Waals surface area (Å²) in [5, 5.41) is 11.8. The summed E-state index contributed by atoms with van der Waals surface area (Å²) in [6.45, 7) is 2.38. The molecule has 2 nitrogen and oxygen atoms in total. The topological polar surface area (TPSA) is 23.5 Å². The van der Waals surface area contributed by atoms with Gasteiger partial charge in [0.1, 0.15) is 5.82 Å². The van der Waals surface area contributed by atoms with E-state index in [0.717, 1.165) is 13.0 Å². The van der Waals surface area contributed by atoms with Crippen molar-refractivity contribution >= 4 is 17.0 Å². The van der Waals surface area contributed by atoms with E-state index in [1.807, 2.05) is 23.4 Å². The first-order chi connectivity index (χ1) is 9.09. The molecule has 1 aromatic carbocycles. The highest BCUT2D eigenvalue weighted by atomic mass is 32.1. The summed E-state index contributed by atoms with van der Waals surface area (Å²) in [6, 6.07) is 8.93. The predicted molar refractivity (Wildman–Crippen MR) is 78.3 cm³/mol. The Balaban J connectivity index is 2.16. The molecule has 0 amide bonds. The molecule has 2 rings (SSSR count). The van der Waals surface area contributed by atoms with Gasteiger partial charge in [0, 0.05) is 24.0 Å². The summed E-state index contributed by atoms with van der Waals surface area (Å²) in [6.07, 6.45) is 0.205. The van der Waals surface area contributed by atoms with E-state index < -0.39 is 6.10 Å². The van der Waals surface area contributed by atoms with Gasteiger partial charge in [0.2, 0.25) is 0 Å². The summed E-state index contributed by atoms with van der Waals surface area (Å²) in [5.74, 6) is -0.285. The molecule has 0 saturated heterocycles. The number of likely N-dealkylation sites (N-methyl/N-ethyl adjacent to an activating group) is 1. The molecule has 0 spiro atoms. The zero-order valence-electron chi connectivity index (χ0n) is 11.1. The number of para-hydroxylation sites is 1. The molecule has 0 aliphatic heterocycles. The van der Waals surface area contributed by atoms with Gasteiger partial charge in [-0.2, -0.15) is 0 Å². The van der Waals surface area contributed by atoms with E-state index in [1.54, 1.807) is 30.4 Å². The van der Waals surface area contributed by atoms with E-state index in [4.69, 9.17) is 0 Å². The normalized spacial score (nSPS) is 12.4. The number of thiophene rings is 1. The number of aliphatic hydroxyl groups excluding tert-OH is 1. The van der Waals surface area contributed by atoms with Crippen molar-refractivity contribution in [2.45, 2.75) is 19.4 Å². The summed E-state index contributed by atoms with van der Waals surface area (Å²) >= 11 is 1.70. The van der Waals surface area contributed by atoms with Crippen LogP contribution < -0.4 is 4.90 Å². The fraction of sp³-hybridized carbons (Fsp3) is 0.333. The average molecular weight is 279 g/mol. The molecule has 0 radical (unpaired) electrons. The van der Waals surface area contributed by atoms with E-state index in [1.165, 1.54) is 10.9 Å². The van der Waals surface area contributed by atoms with Crippen LogP contribution in [-0.2, 0) is 6.42 Å². The van der Waals surface area contributed by atoms with Gasteiger partial charge in [-0.3, -0.25) is 0 Å². The quantitative estimate of drug-likeness (QED) is 0.903. The Morgan fingerprint density at radius 2 is 2.11 bits per heavy atom. The minimum absolute atomic E-state index is 0.285. The number of anilines is 1. The third kappa shape index (κ3) is 3.33. The molecule has 0 aliphatic carbocycles. The lowest BCUT2D eigenvalue weighted by Gasteiger charge is -2.24. The molecule has 1 unspecified atom stereocenters. The van der Waals surface area contributed by atoms with Crippen LogP contribution in [0.3, 0.4) is 0 Å². The van der Waals surface area contributed by atoms with Crippen LogP contribution in [0.1, 0.15) is 23.5 Å². The van der Waals surface area contributed by atoms with Crippen molar-refractivity contribution < 1.29 is 9.50 Å². The van der Waals surface area contributed by atoms with Gasteiger partial charge in [-0.25, -0.2) is 4.39 Å². The van der Waals surface area contributed by atoms with E-state index in [2.05, 4.69) is 6.07 Å². The molecular weight excluding hydrogens is 261 g/mol. The van der Waals surface area contributed by atoms with Gasteiger partial charge in [0.25, 0.3) is 0 Å². The zero-order valence-corrected chi connectivity index (χ0v) is 12.0. The average Bonchev–Trinajstić information content (AvgIpc) is 2.88. The second kappa shape index (κ2) is 6.17. The lowest BCUT2D eigenvalue weighted by atomic mass is 10.1. The third-order valence-electron chi connectivity index (χ3n) is 3.12. The number of aliphatic hydroxyl groups is 1. The van der Waals surface area contributed by atoms with E-state index in [9.17, 15) is 9.50 Å². The highest BCUT2D eigenvalue weighted by molar-refractivity contribution is 7.09. The molecule has 0 bridgehead atoms. The number of halogens is 1. The van der Waals surface area contributed by atoms with Gasteiger partial charge in [0.05, 0.1) is 11.8 Å². The SMILES string of the molecule is CC(O)c1cccc(F)c1N(C)CCc1cccs1. The Hall–Kier alpha value is -1.39.